The van der Waals surface area contributed by atoms with Gasteiger partial charge in [-0.15, -0.1) is 0 Å². The van der Waals surface area contributed by atoms with Crippen LogP contribution in [0.1, 0.15) is 39.2 Å². The fourth-order valence-electron chi connectivity index (χ4n) is 3.44. The number of nitrogens with one attached hydrogen (secondary N) is 2. The van der Waals surface area contributed by atoms with E-state index in [0.29, 0.717) is 11.4 Å². The molecule has 0 fully saturated rings. The van der Waals surface area contributed by atoms with Crippen LogP contribution in [0.25, 0.3) is 0 Å². The van der Waals surface area contributed by atoms with Crippen molar-refractivity contribution in [2.45, 2.75) is 39.7 Å². The molecule has 2 rings (SSSR count). The van der Waals surface area contributed by atoms with Crippen LogP contribution in [0.3, 0.4) is 0 Å². The fourth-order valence-corrected chi connectivity index (χ4v) is 4.09. The average molecular weight is 452 g/mol. The third-order valence-electron chi connectivity index (χ3n) is 4.70. The van der Waals surface area contributed by atoms with Crippen LogP contribution >= 0.6 is 0 Å². The molecule has 168 valence electrons. The van der Waals surface area contributed by atoms with Crippen molar-refractivity contribution in [2.24, 2.45) is 0 Å². The summed E-state index contributed by atoms with van der Waals surface area (Å²) in [6.07, 6.45) is -0.477. The quantitative estimate of drug-likeness (QED) is 0.346. The van der Waals surface area contributed by atoms with E-state index in [1.807, 2.05) is 0 Å². The minimum atomic E-state index is -3.92. The summed E-state index contributed by atoms with van der Waals surface area (Å²) >= 11 is 0. The second-order valence-electron chi connectivity index (χ2n) is 7.29. The van der Waals surface area contributed by atoms with Crippen molar-refractivity contribution in [3.8, 4) is 0 Å². The molecule has 0 saturated carbocycles. The number of Topliss-reactive ketones (excluding diaryl/α,β-unsaturated/α-hetero) is 1. The van der Waals surface area contributed by atoms with Crippen LogP contribution in [0, 0.1) is 10.1 Å². The summed E-state index contributed by atoms with van der Waals surface area (Å²) < 4.78 is 31.4. The first-order chi connectivity index (χ1) is 14.4. The van der Waals surface area contributed by atoms with Crippen molar-refractivity contribution in [2.75, 3.05) is 12.8 Å². The molecule has 0 bridgehead atoms. The Bertz CT molecular complexity index is 1090. The molecule has 1 heterocycles. The lowest BCUT2D eigenvalue weighted by molar-refractivity contribution is -0.385. The minimum Gasteiger partial charge on any atom is -0.460 e. The zero-order valence-electron chi connectivity index (χ0n) is 17.9. The van der Waals surface area contributed by atoms with E-state index in [2.05, 4.69) is 10.0 Å². The molecular weight excluding hydrogens is 426 g/mol. The van der Waals surface area contributed by atoms with E-state index in [4.69, 9.17) is 4.74 Å². The highest BCUT2D eigenvalue weighted by atomic mass is 32.2. The smallest absolute Gasteiger partial charge is 0.337 e. The highest BCUT2D eigenvalue weighted by Crippen LogP contribution is 2.42. The highest BCUT2D eigenvalue weighted by Gasteiger charge is 2.40. The monoisotopic (exact) mass is 451 g/mol. The zero-order chi connectivity index (χ0) is 23.5. The molecule has 11 heteroatoms. The zero-order valence-corrected chi connectivity index (χ0v) is 18.7. The number of nitro groups is 1. The highest BCUT2D eigenvalue weighted by molar-refractivity contribution is 7.90. The van der Waals surface area contributed by atoms with Crippen molar-refractivity contribution in [1.29, 1.82) is 0 Å². The number of nitrogens with zero attached hydrogens (tertiary/aromatic N) is 1. The Morgan fingerprint density at radius 3 is 2.32 bits per heavy atom. The average Bonchev–Trinajstić information content (AvgIpc) is 2.66. The second kappa shape index (κ2) is 9.40. The van der Waals surface area contributed by atoms with Gasteiger partial charge in [-0.05, 0) is 34.7 Å². The van der Waals surface area contributed by atoms with Gasteiger partial charge in [0, 0.05) is 28.6 Å². The second-order valence-corrected chi connectivity index (χ2v) is 9.22. The van der Waals surface area contributed by atoms with Crippen LogP contribution in [0.5, 0.6) is 0 Å². The molecule has 0 saturated heterocycles. The lowest BCUT2D eigenvalue weighted by Crippen LogP contribution is -2.36. The van der Waals surface area contributed by atoms with Gasteiger partial charge in [0.1, 0.15) is 5.75 Å². The number of hydrogen-bond donors (Lipinski definition) is 2. The first-order valence-electron chi connectivity index (χ1n) is 9.46. The lowest BCUT2D eigenvalue weighted by Gasteiger charge is -2.31. The molecule has 1 aliphatic rings. The maximum absolute atomic E-state index is 13.1. The van der Waals surface area contributed by atoms with Gasteiger partial charge < -0.3 is 10.1 Å². The molecular formula is C20H25N3O7S. The van der Waals surface area contributed by atoms with Crippen LogP contribution in [-0.4, -0.2) is 44.0 Å². The number of para-hydroxylation sites is 1. The molecule has 1 unspecified atom stereocenters. The van der Waals surface area contributed by atoms with Gasteiger partial charge >= 0.3 is 5.97 Å². The standard InChI is InChI=1S/C20H25N3O7S/c1-11(2)30-20(25)18-13(4)22-12(3)17(16(24)10-31(28,29)21-5)19(18)14-8-6-7-9-15(14)23(26)27/h6-9,11,19,21-22H,10H2,1-5H3. The minimum absolute atomic E-state index is 0.0128. The number of benzene rings is 1. The largest absolute Gasteiger partial charge is 0.460 e. The molecule has 0 radical (unpaired) electrons. The van der Waals surface area contributed by atoms with Gasteiger partial charge in [-0.1, -0.05) is 18.2 Å². The lowest BCUT2D eigenvalue weighted by atomic mass is 9.78. The number of nitro benzene ring substituents is 1. The Labute approximate surface area is 180 Å². The molecule has 0 spiro atoms. The Balaban J connectivity index is 2.77. The maximum atomic E-state index is 13.1. The van der Waals surface area contributed by atoms with E-state index in [0.717, 1.165) is 0 Å². The molecule has 2 N–H and O–H groups in total. The Kier molecular flexibility index (Phi) is 7.34. The maximum Gasteiger partial charge on any atom is 0.337 e. The number of esters is 1. The number of rotatable bonds is 8. The van der Waals surface area contributed by atoms with Gasteiger partial charge in [-0.3, -0.25) is 14.9 Å². The number of sulfonamides is 1. The van der Waals surface area contributed by atoms with E-state index in [1.54, 1.807) is 33.8 Å². The summed E-state index contributed by atoms with van der Waals surface area (Å²) in [5.41, 5.74) is 0.422. The Hall–Kier alpha value is -3.05. The predicted octanol–water partition coefficient (Wildman–Crippen LogP) is 1.90. The summed E-state index contributed by atoms with van der Waals surface area (Å²) in [5, 5.41) is 14.6. The summed E-state index contributed by atoms with van der Waals surface area (Å²) in [7, 11) is -2.74. The third-order valence-corrected chi connectivity index (χ3v) is 5.96. The molecule has 0 amide bonds. The van der Waals surface area contributed by atoms with Crippen molar-refractivity contribution in [3.05, 3.63) is 62.5 Å². The normalized spacial score (nSPS) is 16.9. The van der Waals surface area contributed by atoms with E-state index >= 15 is 0 Å². The Morgan fingerprint density at radius 1 is 1.19 bits per heavy atom. The number of carbonyl (C=O) groups excluding carboxylic acids is 2. The first-order valence-corrected chi connectivity index (χ1v) is 11.1. The predicted molar refractivity (Wildman–Crippen MR) is 113 cm³/mol. The van der Waals surface area contributed by atoms with Crippen LogP contribution < -0.4 is 10.0 Å². The fraction of sp³-hybridized carbons (Fsp3) is 0.400. The van der Waals surface area contributed by atoms with Crippen molar-refractivity contribution in [3.63, 3.8) is 0 Å². The van der Waals surface area contributed by atoms with Gasteiger partial charge in [0.05, 0.1) is 22.5 Å². The summed E-state index contributed by atoms with van der Waals surface area (Å²) in [4.78, 5) is 37.1. The van der Waals surface area contributed by atoms with Crippen LogP contribution in [0.2, 0.25) is 0 Å². The summed E-state index contributed by atoms with van der Waals surface area (Å²) in [5.74, 6) is -3.59. The molecule has 0 aromatic heterocycles. The number of hydrogen-bond acceptors (Lipinski definition) is 8. The molecule has 31 heavy (non-hydrogen) atoms. The van der Waals surface area contributed by atoms with Crippen molar-refractivity contribution < 1.29 is 27.7 Å². The number of carbonyl (C=O) groups is 2. The number of dihydropyridines is 1. The van der Waals surface area contributed by atoms with Crippen LogP contribution in [0.4, 0.5) is 5.69 Å². The van der Waals surface area contributed by atoms with Gasteiger partial charge in [0.15, 0.2) is 5.78 Å². The number of ketones is 1. The molecule has 10 nitrogen and oxygen atoms in total. The van der Waals surface area contributed by atoms with Gasteiger partial charge in [0.2, 0.25) is 10.0 Å². The van der Waals surface area contributed by atoms with Crippen LogP contribution in [0.15, 0.2) is 46.8 Å². The summed E-state index contributed by atoms with van der Waals surface area (Å²) in [6.45, 7) is 6.44. The first kappa shape index (κ1) is 24.2. The Morgan fingerprint density at radius 2 is 1.77 bits per heavy atom. The molecule has 1 atom stereocenters. The SMILES string of the molecule is CNS(=O)(=O)CC(=O)C1=C(C)NC(C)=C(C(=O)OC(C)C)C1c1ccccc1[N+](=O)[O-]. The van der Waals surface area contributed by atoms with Crippen molar-refractivity contribution in [1.82, 2.24) is 10.0 Å². The van der Waals surface area contributed by atoms with E-state index in [1.165, 1.54) is 25.2 Å². The van der Waals surface area contributed by atoms with Gasteiger partial charge in [-0.2, -0.15) is 0 Å². The summed E-state index contributed by atoms with van der Waals surface area (Å²) in [6, 6.07) is 5.72. The number of ether oxygens (including phenoxy) is 1. The van der Waals surface area contributed by atoms with E-state index < -0.39 is 44.5 Å². The topological polar surface area (TPSA) is 145 Å². The third kappa shape index (κ3) is 5.36. The number of allylic oxidation sites excluding steroid dienone is 3. The van der Waals surface area contributed by atoms with Crippen LogP contribution in [-0.2, 0) is 24.3 Å². The molecule has 0 aliphatic carbocycles. The van der Waals surface area contributed by atoms with E-state index in [9.17, 15) is 28.1 Å². The molecule has 1 aromatic rings. The van der Waals surface area contributed by atoms with Gasteiger partial charge in [-0.25, -0.2) is 17.9 Å². The molecule has 1 aliphatic heterocycles. The molecule has 1 aromatic carbocycles. The van der Waals surface area contributed by atoms with E-state index in [-0.39, 0.29) is 22.4 Å². The van der Waals surface area contributed by atoms with Gasteiger partial charge in [0.25, 0.3) is 5.69 Å². The van der Waals surface area contributed by atoms with Crippen molar-refractivity contribution >= 4 is 27.5 Å².